The zero-order valence-electron chi connectivity index (χ0n) is 20.1. The fourth-order valence-electron chi connectivity index (χ4n) is 4.86. The molecule has 0 atom stereocenters. The molecule has 0 bridgehead atoms. The third-order valence-electron chi connectivity index (χ3n) is 6.56. The van der Waals surface area contributed by atoms with Gasteiger partial charge in [-0.2, -0.15) is 4.98 Å². The number of benzene rings is 1. The Morgan fingerprint density at radius 3 is 2.42 bits per heavy atom. The Bertz CT molecular complexity index is 974. The summed E-state index contributed by atoms with van der Waals surface area (Å²) in [6.07, 6.45) is 4.14. The minimum absolute atomic E-state index is 0. The average Bonchev–Trinajstić information content (AvgIpc) is 2.80. The van der Waals surface area contributed by atoms with Crippen molar-refractivity contribution < 1.29 is 17.9 Å². The molecule has 1 aromatic carbocycles. The van der Waals surface area contributed by atoms with Gasteiger partial charge in [-0.3, -0.25) is 0 Å². The molecule has 3 N–H and O–H groups in total. The van der Waals surface area contributed by atoms with Crippen LogP contribution >= 0.6 is 40.7 Å². The number of ether oxygens (including phenoxy) is 1. The lowest BCUT2D eigenvalue weighted by molar-refractivity contribution is -0.274. The fourth-order valence-corrected chi connectivity index (χ4v) is 5.20. The van der Waals surface area contributed by atoms with Gasteiger partial charge in [-0.05, 0) is 82.0 Å². The van der Waals surface area contributed by atoms with Crippen LogP contribution in [-0.2, 0) is 19.3 Å². The highest BCUT2D eigenvalue weighted by Gasteiger charge is 2.32. The van der Waals surface area contributed by atoms with Gasteiger partial charge in [0.15, 0.2) is 0 Å². The van der Waals surface area contributed by atoms with Gasteiger partial charge in [0, 0.05) is 29.2 Å². The number of hydrogen-bond acceptors (Lipinski definition) is 6. The van der Waals surface area contributed by atoms with Gasteiger partial charge < -0.3 is 20.7 Å². The molecule has 36 heavy (non-hydrogen) atoms. The number of aryl methyl sites for hydroxylation is 1. The van der Waals surface area contributed by atoms with E-state index in [-0.39, 0.29) is 30.6 Å². The third-order valence-corrected chi connectivity index (χ3v) is 7.06. The zero-order chi connectivity index (χ0) is 24.1. The number of halogens is 6. The van der Waals surface area contributed by atoms with Crippen LogP contribution in [0.2, 0.25) is 0 Å². The van der Waals surface area contributed by atoms with E-state index in [1.54, 1.807) is 12.1 Å². The highest BCUT2D eigenvalue weighted by molar-refractivity contribution is 9.10. The minimum Gasteiger partial charge on any atom is -0.405 e. The summed E-state index contributed by atoms with van der Waals surface area (Å²) >= 11 is 3.21. The SMILES string of the molecule is CNc1nc(NC2CCC(NCCc3ccc(Br)cc3OC(F)(F)F)CC2)nc2c1CCCC2.Cl.Cl. The van der Waals surface area contributed by atoms with Gasteiger partial charge in [-0.15, -0.1) is 38.0 Å². The standard InChI is InChI=1S/C24H31BrF3N5O.2ClH/c1-29-22-19-4-2-3-5-20(19)32-23(33-22)31-18-10-8-17(9-11-18)30-13-12-15-6-7-16(25)14-21(15)34-24(26,27)28;;/h6-7,14,17-18,30H,2-5,8-13H2,1H3,(H2,29,31,32,33);2*1H. The lowest BCUT2D eigenvalue weighted by Crippen LogP contribution is -2.38. The highest BCUT2D eigenvalue weighted by Crippen LogP contribution is 2.30. The van der Waals surface area contributed by atoms with Gasteiger partial charge in [0.1, 0.15) is 11.6 Å². The number of nitrogens with zero attached hydrogens (tertiary/aromatic N) is 2. The average molecular weight is 615 g/mol. The van der Waals surface area contributed by atoms with Crippen LogP contribution in [0.4, 0.5) is 24.9 Å². The highest BCUT2D eigenvalue weighted by atomic mass is 79.9. The van der Waals surface area contributed by atoms with E-state index in [1.165, 1.54) is 24.5 Å². The Morgan fingerprint density at radius 2 is 1.72 bits per heavy atom. The van der Waals surface area contributed by atoms with E-state index in [0.29, 0.717) is 41.0 Å². The number of fused-ring (bicyclic) bond motifs is 1. The van der Waals surface area contributed by atoms with Gasteiger partial charge in [0.05, 0.1) is 5.69 Å². The fraction of sp³-hybridized carbons (Fsp3) is 0.583. The number of hydrogen-bond donors (Lipinski definition) is 3. The zero-order valence-corrected chi connectivity index (χ0v) is 23.3. The Hall–Kier alpha value is -1.49. The summed E-state index contributed by atoms with van der Waals surface area (Å²) in [5.41, 5.74) is 2.94. The summed E-state index contributed by atoms with van der Waals surface area (Å²) in [7, 11) is 1.91. The predicted octanol–water partition coefficient (Wildman–Crippen LogP) is 6.46. The van der Waals surface area contributed by atoms with E-state index in [4.69, 9.17) is 9.97 Å². The third kappa shape index (κ3) is 8.53. The largest absolute Gasteiger partial charge is 0.573 e. The van der Waals surface area contributed by atoms with Gasteiger partial charge in [-0.25, -0.2) is 4.98 Å². The number of nitrogens with one attached hydrogen (secondary N) is 3. The number of anilines is 2. The molecule has 2 aliphatic rings. The van der Waals surface area contributed by atoms with Crippen LogP contribution in [0.3, 0.4) is 0 Å². The Balaban J connectivity index is 0.00000228. The molecule has 0 saturated heterocycles. The molecule has 12 heteroatoms. The second kappa shape index (κ2) is 13.9. The molecule has 1 fully saturated rings. The van der Waals surface area contributed by atoms with E-state index in [2.05, 4.69) is 36.6 Å². The van der Waals surface area contributed by atoms with Crippen molar-refractivity contribution in [1.29, 1.82) is 0 Å². The summed E-state index contributed by atoms with van der Waals surface area (Å²) in [6, 6.07) is 5.44. The maximum absolute atomic E-state index is 12.7. The number of alkyl halides is 3. The summed E-state index contributed by atoms with van der Waals surface area (Å²) in [5.74, 6) is 1.49. The summed E-state index contributed by atoms with van der Waals surface area (Å²) in [4.78, 5) is 9.48. The predicted molar refractivity (Wildman–Crippen MR) is 145 cm³/mol. The molecular weight excluding hydrogens is 582 g/mol. The molecule has 0 radical (unpaired) electrons. The smallest absolute Gasteiger partial charge is 0.405 e. The molecule has 1 saturated carbocycles. The van der Waals surface area contributed by atoms with E-state index < -0.39 is 6.36 Å². The molecular formula is C24H33BrCl2F3N5O. The lowest BCUT2D eigenvalue weighted by Gasteiger charge is -2.30. The monoisotopic (exact) mass is 613 g/mol. The molecule has 0 unspecified atom stereocenters. The maximum Gasteiger partial charge on any atom is 0.573 e. The topological polar surface area (TPSA) is 71.1 Å². The van der Waals surface area contributed by atoms with E-state index in [1.807, 2.05) is 7.05 Å². The maximum atomic E-state index is 12.7. The first-order chi connectivity index (χ1) is 16.3. The van der Waals surface area contributed by atoms with Crippen molar-refractivity contribution in [2.45, 2.75) is 76.2 Å². The molecule has 1 aromatic heterocycles. The lowest BCUT2D eigenvalue weighted by atomic mass is 9.91. The molecule has 2 aliphatic carbocycles. The first kappa shape index (κ1) is 30.7. The molecule has 2 aromatic rings. The second-order valence-electron chi connectivity index (χ2n) is 8.98. The van der Waals surface area contributed by atoms with Crippen molar-refractivity contribution in [3.8, 4) is 5.75 Å². The number of rotatable bonds is 8. The van der Waals surface area contributed by atoms with Crippen molar-refractivity contribution in [3.05, 3.63) is 39.5 Å². The molecule has 0 spiro atoms. The van der Waals surface area contributed by atoms with Crippen LogP contribution < -0.4 is 20.7 Å². The molecule has 0 amide bonds. The summed E-state index contributed by atoms with van der Waals surface area (Å²) in [6.45, 7) is 0.595. The normalized spacial score (nSPS) is 19.4. The Labute approximate surface area is 230 Å². The van der Waals surface area contributed by atoms with E-state index in [9.17, 15) is 13.2 Å². The van der Waals surface area contributed by atoms with Crippen LogP contribution in [0.25, 0.3) is 0 Å². The van der Waals surface area contributed by atoms with Crippen molar-refractivity contribution in [2.24, 2.45) is 0 Å². The van der Waals surface area contributed by atoms with Gasteiger partial charge >= 0.3 is 6.36 Å². The summed E-state index contributed by atoms with van der Waals surface area (Å²) in [5, 5.41) is 10.2. The molecule has 202 valence electrons. The molecule has 4 rings (SSSR count). The first-order valence-corrected chi connectivity index (χ1v) is 12.7. The van der Waals surface area contributed by atoms with Gasteiger partial charge in [-0.1, -0.05) is 22.0 Å². The number of aromatic nitrogens is 2. The van der Waals surface area contributed by atoms with Gasteiger partial charge in [0.25, 0.3) is 0 Å². The minimum atomic E-state index is -4.70. The molecule has 6 nitrogen and oxygen atoms in total. The quantitative estimate of drug-likeness (QED) is 0.317. The summed E-state index contributed by atoms with van der Waals surface area (Å²) < 4.78 is 42.9. The van der Waals surface area contributed by atoms with E-state index in [0.717, 1.165) is 50.0 Å². The van der Waals surface area contributed by atoms with Crippen LogP contribution in [0, 0.1) is 0 Å². The van der Waals surface area contributed by atoms with Crippen LogP contribution in [0.5, 0.6) is 5.75 Å². The van der Waals surface area contributed by atoms with Crippen LogP contribution in [0.1, 0.15) is 55.3 Å². The second-order valence-corrected chi connectivity index (χ2v) is 9.89. The van der Waals surface area contributed by atoms with Crippen LogP contribution in [-0.4, -0.2) is 42.0 Å². The van der Waals surface area contributed by atoms with Crippen molar-refractivity contribution in [1.82, 2.24) is 15.3 Å². The van der Waals surface area contributed by atoms with Crippen LogP contribution in [0.15, 0.2) is 22.7 Å². The first-order valence-electron chi connectivity index (χ1n) is 11.9. The van der Waals surface area contributed by atoms with Crippen molar-refractivity contribution in [3.63, 3.8) is 0 Å². The van der Waals surface area contributed by atoms with E-state index >= 15 is 0 Å². The van der Waals surface area contributed by atoms with Crippen molar-refractivity contribution >= 4 is 52.5 Å². The van der Waals surface area contributed by atoms with Crippen molar-refractivity contribution in [2.75, 3.05) is 24.2 Å². The Morgan fingerprint density at radius 1 is 1.03 bits per heavy atom. The van der Waals surface area contributed by atoms with Gasteiger partial charge in [0.2, 0.25) is 5.95 Å². The molecule has 0 aliphatic heterocycles. The molecule has 1 heterocycles. The Kier molecular flexibility index (Phi) is 11.9.